The molecular weight excluding hydrogens is 420 g/mol. The zero-order valence-corrected chi connectivity index (χ0v) is 17.8. The van der Waals surface area contributed by atoms with Crippen molar-refractivity contribution in [3.05, 3.63) is 88.2 Å². The molecule has 4 rings (SSSR count). The summed E-state index contributed by atoms with van der Waals surface area (Å²) in [6.07, 6.45) is 0. The van der Waals surface area contributed by atoms with Crippen molar-refractivity contribution in [2.24, 2.45) is 0 Å². The molecule has 0 aliphatic heterocycles. The van der Waals surface area contributed by atoms with E-state index in [0.717, 1.165) is 0 Å². The molecular formula is C23H19ClN2O3S. The summed E-state index contributed by atoms with van der Waals surface area (Å²) in [6, 6.07) is 22.1. The number of ether oxygens (including phenoxy) is 2. The van der Waals surface area contributed by atoms with Crippen molar-refractivity contribution in [1.82, 2.24) is 9.55 Å². The van der Waals surface area contributed by atoms with Gasteiger partial charge >= 0.3 is 0 Å². The van der Waals surface area contributed by atoms with Crippen molar-refractivity contribution in [3.8, 4) is 17.2 Å². The van der Waals surface area contributed by atoms with Crippen LogP contribution in [0.25, 0.3) is 16.6 Å². The molecule has 7 heteroatoms. The first-order valence-electron chi connectivity index (χ1n) is 9.34. The van der Waals surface area contributed by atoms with Crippen molar-refractivity contribution >= 4 is 34.3 Å². The zero-order valence-electron chi connectivity index (χ0n) is 16.2. The van der Waals surface area contributed by atoms with Crippen LogP contribution in [0.2, 0.25) is 5.02 Å². The van der Waals surface area contributed by atoms with Crippen LogP contribution in [0, 0.1) is 0 Å². The molecule has 5 nitrogen and oxygen atoms in total. The average molecular weight is 439 g/mol. The van der Waals surface area contributed by atoms with E-state index in [4.69, 9.17) is 26.1 Å². The number of thioether (sulfide) groups is 1. The molecule has 0 atom stereocenters. The van der Waals surface area contributed by atoms with E-state index < -0.39 is 0 Å². The predicted molar refractivity (Wildman–Crippen MR) is 122 cm³/mol. The first kappa shape index (κ1) is 20.3. The average Bonchev–Trinajstić information content (AvgIpc) is 2.78. The van der Waals surface area contributed by atoms with Gasteiger partial charge in [-0.3, -0.25) is 9.36 Å². The number of methoxy groups -OCH3 is 1. The third-order valence-corrected chi connectivity index (χ3v) is 5.68. The molecule has 0 radical (unpaired) electrons. The van der Waals surface area contributed by atoms with Gasteiger partial charge in [-0.2, -0.15) is 0 Å². The van der Waals surface area contributed by atoms with Crippen LogP contribution >= 0.6 is 23.4 Å². The van der Waals surface area contributed by atoms with Gasteiger partial charge in [0.2, 0.25) is 0 Å². The number of para-hydroxylation sites is 2. The largest absolute Gasteiger partial charge is 0.497 e. The lowest BCUT2D eigenvalue weighted by atomic mass is 10.2. The lowest BCUT2D eigenvalue weighted by molar-refractivity contribution is 0.344. The molecule has 0 unspecified atom stereocenters. The summed E-state index contributed by atoms with van der Waals surface area (Å²) in [5.41, 5.74) is 1.24. The van der Waals surface area contributed by atoms with Gasteiger partial charge in [0.25, 0.3) is 5.56 Å². The quantitative estimate of drug-likeness (QED) is 0.225. The maximum atomic E-state index is 13.3. The summed E-state index contributed by atoms with van der Waals surface area (Å²) in [6.45, 7) is 0.426. The number of aromatic nitrogens is 2. The Morgan fingerprint density at radius 1 is 1.03 bits per heavy atom. The highest BCUT2D eigenvalue weighted by atomic mass is 35.5. The van der Waals surface area contributed by atoms with Crippen molar-refractivity contribution in [3.63, 3.8) is 0 Å². The Morgan fingerprint density at radius 3 is 2.67 bits per heavy atom. The summed E-state index contributed by atoms with van der Waals surface area (Å²) in [4.78, 5) is 18.0. The number of fused-ring (bicyclic) bond motifs is 1. The molecule has 0 amide bonds. The number of halogens is 1. The summed E-state index contributed by atoms with van der Waals surface area (Å²) < 4.78 is 12.7. The SMILES string of the molecule is COc1cccc(-n2c(SCCOc3ccccc3Cl)nc3ccccc3c2=O)c1. The molecule has 0 saturated carbocycles. The summed E-state index contributed by atoms with van der Waals surface area (Å²) >= 11 is 7.59. The molecule has 30 heavy (non-hydrogen) atoms. The Hall–Kier alpha value is -2.96. The van der Waals surface area contributed by atoms with E-state index in [0.29, 0.717) is 50.6 Å². The Balaban J connectivity index is 1.65. The molecule has 0 aliphatic carbocycles. The van der Waals surface area contributed by atoms with Gasteiger partial charge < -0.3 is 9.47 Å². The van der Waals surface area contributed by atoms with Crippen LogP contribution in [0.1, 0.15) is 0 Å². The van der Waals surface area contributed by atoms with Gasteiger partial charge in [0, 0.05) is 11.8 Å². The van der Waals surface area contributed by atoms with Crippen LogP contribution in [0.5, 0.6) is 11.5 Å². The van der Waals surface area contributed by atoms with Gasteiger partial charge in [0.1, 0.15) is 11.5 Å². The Morgan fingerprint density at radius 2 is 1.83 bits per heavy atom. The van der Waals surface area contributed by atoms with E-state index in [2.05, 4.69) is 0 Å². The van der Waals surface area contributed by atoms with Crippen molar-refractivity contribution in [2.45, 2.75) is 5.16 Å². The Bertz CT molecular complexity index is 1240. The molecule has 0 aliphatic rings. The molecule has 0 fully saturated rings. The minimum atomic E-state index is -0.122. The second-order valence-corrected chi connectivity index (χ2v) is 7.85. The van der Waals surface area contributed by atoms with Gasteiger partial charge in [-0.25, -0.2) is 4.98 Å². The minimum absolute atomic E-state index is 0.122. The predicted octanol–water partition coefficient (Wildman–Crippen LogP) is 5.22. The fraction of sp³-hybridized carbons (Fsp3) is 0.130. The van der Waals surface area contributed by atoms with Crippen LogP contribution in [0.15, 0.2) is 82.7 Å². The van der Waals surface area contributed by atoms with E-state index in [1.165, 1.54) is 11.8 Å². The Kier molecular flexibility index (Phi) is 6.26. The second kappa shape index (κ2) is 9.24. The molecule has 1 aromatic heterocycles. The van der Waals surface area contributed by atoms with E-state index in [1.54, 1.807) is 23.8 Å². The number of benzene rings is 3. The smallest absolute Gasteiger partial charge is 0.266 e. The fourth-order valence-corrected chi connectivity index (χ4v) is 4.05. The van der Waals surface area contributed by atoms with Crippen molar-refractivity contribution < 1.29 is 9.47 Å². The van der Waals surface area contributed by atoms with Crippen LogP contribution in [-0.4, -0.2) is 29.0 Å². The van der Waals surface area contributed by atoms with Crippen LogP contribution in [0.4, 0.5) is 0 Å². The highest BCUT2D eigenvalue weighted by Crippen LogP contribution is 2.25. The van der Waals surface area contributed by atoms with Gasteiger partial charge in [0.05, 0.1) is 35.3 Å². The second-order valence-electron chi connectivity index (χ2n) is 6.38. The summed E-state index contributed by atoms with van der Waals surface area (Å²) in [7, 11) is 1.60. The lowest BCUT2D eigenvalue weighted by Gasteiger charge is -2.14. The maximum Gasteiger partial charge on any atom is 0.266 e. The van der Waals surface area contributed by atoms with Gasteiger partial charge in [-0.15, -0.1) is 0 Å². The third kappa shape index (κ3) is 4.30. The lowest BCUT2D eigenvalue weighted by Crippen LogP contribution is -2.22. The van der Waals surface area contributed by atoms with E-state index in [9.17, 15) is 4.79 Å². The van der Waals surface area contributed by atoms with Crippen LogP contribution in [0.3, 0.4) is 0 Å². The molecule has 0 bridgehead atoms. The van der Waals surface area contributed by atoms with Crippen LogP contribution < -0.4 is 15.0 Å². The molecule has 0 N–H and O–H groups in total. The molecule has 4 aromatic rings. The van der Waals surface area contributed by atoms with Gasteiger partial charge in [-0.05, 0) is 36.4 Å². The molecule has 152 valence electrons. The first-order chi connectivity index (χ1) is 14.7. The third-order valence-electron chi connectivity index (χ3n) is 4.47. The van der Waals surface area contributed by atoms with Crippen molar-refractivity contribution in [2.75, 3.05) is 19.5 Å². The van der Waals surface area contributed by atoms with Gasteiger partial charge in [-0.1, -0.05) is 53.7 Å². The van der Waals surface area contributed by atoms with Crippen molar-refractivity contribution in [1.29, 1.82) is 0 Å². The summed E-state index contributed by atoms with van der Waals surface area (Å²) in [5.74, 6) is 1.90. The monoisotopic (exact) mass is 438 g/mol. The molecule has 0 saturated heterocycles. The maximum absolute atomic E-state index is 13.3. The molecule has 3 aromatic carbocycles. The highest BCUT2D eigenvalue weighted by Gasteiger charge is 2.14. The zero-order chi connectivity index (χ0) is 20.9. The Labute approximate surface area is 183 Å². The van der Waals surface area contributed by atoms with E-state index in [1.807, 2.05) is 60.7 Å². The summed E-state index contributed by atoms with van der Waals surface area (Å²) in [5, 5.41) is 1.73. The minimum Gasteiger partial charge on any atom is -0.497 e. The highest BCUT2D eigenvalue weighted by molar-refractivity contribution is 7.99. The van der Waals surface area contributed by atoms with Crippen LogP contribution in [-0.2, 0) is 0 Å². The normalized spacial score (nSPS) is 10.9. The first-order valence-corrected chi connectivity index (χ1v) is 10.7. The number of hydrogen-bond donors (Lipinski definition) is 0. The number of hydrogen-bond acceptors (Lipinski definition) is 5. The van der Waals surface area contributed by atoms with E-state index >= 15 is 0 Å². The molecule has 0 spiro atoms. The topological polar surface area (TPSA) is 53.4 Å². The number of rotatable bonds is 7. The molecule has 1 heterocycles. The standard InChI is InChI=1S/C23H19ClN2O3S/c1-28-17-8-6-7-16(15-17)26-22(27)18-9-2-4-11-20(18)25-23(26)30-14-13-29-21-12-5-3-10-19(21)24/h2-12,15H,13-14H2,1H3. The van der Waals surface area contributed by atoms with E-state index in [-0.39, 0.29) is 5.56 Å². The number of nitrogens with zero attached hydrogens (tertiary/aromatic N) is 2. The van der Waals surface area contributed by atoms with Gasteiger partial charge in [0.15, 0.2) is 5.16 Å². The fourth-order valence-electron chi connectivity index (χ4n) is 3.03.